The lowest BCUT2D eigenvalue weighted by Crippen LogP contribution is -2.16. The normalized spacial score (nSPS) is 27.8. The molecule has 0 heterocycles. The first kappa shape index (κ1) is 5.57. The predicted molar refractivity (Wildman–Crippen MR) is 35.5 cm³/mol. The molecular weight excluding hydrogens is 98.1 g/mol. The Hall–Kier alpha value is -0.560. The van der Waals surface area contributed by atoms with E-state index in [9.17, 15) is 0 Å². The number of allylic oxidation sites excluding steroid dienone is 2. The van der Waals surface area contributed by atoms with Crippen molar-refractivity contribution in [2.45, 2.75) is 19.4 Å². The molecule has 0 amide bonds. The number of hydrogen-bond donors (Lipinski definition) is 1. The van der Waals surface area contributed by atoms with Gasteiger partial charge in [-0.15, -0.1) is 0 Å². The summed E-state index contributed by atoms with van der Waals surface area (Å²) in [6, 6.07) is 0.263. The molecule has 2 N–H and O–H groups in total. The maximum Gasteiger partial charge on any atom is 0.0262 e. The molecule has 44 valence electrons. The smallest absolute Gasteiger partial charge is 0.0262 e. The minimum absolute atomic E-state index is 0.263. The Kier molecular flexibility index (Phi) is 1.49. The van der Waals surface area contributed by atoms with Crippen molar-refractivity contribution in [3.05, 3.63) is 23.8 Å². The molecule has 1 nitrogen and oxygen atoms in total. The second-order valence-corrected chi connectivity index (χ2v) is 2.21. The maximum atomic E-state index is 5.57. The summed E-state index contributed by atoms with van der Waals surface area (Å²) >= 11 is 0. The predicted octanol–water partition coefficient (Wildman–Crippen LogP) is 1.22. The van der Waals surface area contributed by atoms with E-state index in [1.165, 1.54) is 5.57 Å². The fourth-order valence-corrected chi connectivity index (χ4v) is 0.744. The molecule has 0 radical (unpaired) electrons. The lowest BCUT2D eigenvalue weighted by molar-refractivity contribution is 0.818. The van der Waals surface area contributed by atoms with E-state index in [0.717, 1.165) is 6.42 Å². The highest BCUT2D eigenvalue weighted by atomic mass is 14.6. The summed E-state index contributed by atoms with van der Waals surface area (Å²) in [6.45, 7) is 2.09. The molecule has 1 aliphatic carbocycles. The van der Waals surface area contributed by atoms with Gasteiger partial charge in [0.1, 0.15) is 0 Å². The SMILES string of the molecule is CC1=CC[C@@H](N)C=C1. The van der Waals surface area contributed by atoms with Gasteiger partial charge in [0.05, 0.1) is 0 Å². The third-order valence-corrected chi connectivity index (χ3v) is 1.32. The summed E-state index contributed by atoms with van der Waals surface area (Å²) in [5.74, 6) is 0. The highest BCUT2D eigenvalue weighted by Crippen LogP contribution is 2.06. The zero-order valence-electron chi connectivity index (χ0n) is 5.09. The van der Waals surface area contributed by atoms with Gasteiger partial charge in [-0.2, -0.15) is 0 Å². The van der Waals surface area contributed by atoms with Gasteiger partial charge in [0.25, 0.3) is 0 Å². The van der Waals surface area contributed by atoms with E-state index in [-0.39, 0.29) is 6.04 Å². The molecule has 1 heteroatoms. The van der Waals surface area contributed by atoms with E-state index in [4.69, 9.17) is 5.73 Å². The first-order chi connectivity index (χ1) is 3.79. The molecule has 0 aliphatic heterocycles. The van der Waals surface area contributed by atoms with Crippen molar-refractivity contribution < 1.29 is 0 Å². The molecule has 0 spiro atoms. The van der Waals surface area contributed by atoms with Crippen LogP contribution in [0.4, 0.5) is 0 Å². The highest BCUT2D eigenvalue weighted by Gasteiger charge is 1.97. The van der Waals surface area contributed by atoms with Gasteiger partial charge < -0.3 is 5.73 Å². The van der Waals surface area contributed by atoms with Gasteiger partial charge in [0.2, 0.25) is 0 Å². The van der Waals surface area contributed by atoms with Crippen molar-refractivity contribution in [3.8, 4) is 0 Å². The number of nitrogens with two attached hydrogens (primary N) is 1. The van der Waals surface area contributed by atoms with Crippen LogP contribution in [-0.2, 0) is 0 Å². The topological polar surface area (TPSA) is 26.0 Å². The second-order valence-electron chi connectivity index (χ2n) is 2.21. The van der Waals surface area contributed by atoms with E-state index in [2.05, 4.69) is 19.1 Å². The first-order valence-corrected chi connectivity index (χ1v) is 2.89. The third-order valence-electron chi connectivity index (χ3n) is 1.32. The first-order valence-electron chi connectivity index (χ1n) is 2.89. The van der Waals surface area contributed by atoms with Crippen molar-refractivity contribution in [2.24, 2.45) is 5.73 Å². The molecule has 1 atom stereocenters. The minimum atomic E-state index is 0.263. The highest BCUT2D eigenvalue weighted by molar-refractivity contribution is 5.22. The molecule has 1 aliphatic rings. The molecule has 0 saturated heterocycles. The van der Waals surface area contributed by atoms with Crippen LogP contribution in [0.1, 0.15) is 13.3 Å². The van der Waals surface area contributed by atoms with Crippen molar-refractivity contribution >= 4 is 0 Å². The van der Waals surface area contributed by atoms with Gasteiger partial charge in [-0.3, -0.25) is 0 Å². The van der Waals surface area contributed by atoms with Gasteiger partial charge in [-0.05, 0) is 13.3 Å². The molecule has 0 bridgehead atoms. The summed E-state index contributed by atoms with van der Waals surface area (Å²) in [5, 5.41) is 0. The van der Waals surface area contributed by atoms with Crippen LogP contribution in [0.2, 0.25) is 0 Å². The van der Waals surface area contributed by atoms with Crippen LogP contribution < -0.4 is 5.73 Å². The van der Waals surface area contributed by atoms with Crippen molar-refractivity contribution in [1.82, 2.24) is 0 Å². The molecule has 0 aromatic carbocycles. The van der Waals surface area contributed by atoms with Crippen LogP contribution in [0.15, 0.2) is 23.8 Å². The monoisotopic (exact) mass is 109 g/mol. The molecule has 0 saturated carbocycles. The molecule has 0 fully saturated rings. The second kappa shape index (κ2) is 2.14. The lowest BCUT2D eigenvalue weighted by Gasteiger charge is -2.07. The lowest BCUT2D eigenvalue weighted by atomic mass is 10.1. The van der Waals surface area contributed by atoms with Gasteiger partial charge in [-0.1, -0.05) is 23.8 Å². The molecule has 0 aromatic rings. The van der Waals surface area contributed by atoms with Crippen molar-refractivity contribution in [3.63, 3.8) is 0 Å². The van der Waals surface area contributed by atoms with Crippen molar-refractivity contribution in [1.29, 1.82) is 0 Å². The summed E-state index contributed by atoms with van der Waals surface area (Å²) in [6.07, 6.45) is 7.26. The molecule has 0 aromatic heterocycles. The zero-order chi connectivity index (χ0) is 5.98. The zero-order valence-corrected chi connectivity index (χ0v) is 5.09. The summed E-state index contributed by atoms with van der Waals surface area (Å²) in [5.41, 5.74) is 6.89. The summed E-state index contributed by atoms with van der Waals surface area (Å²) in [7, 11) is 0. The van der Waals surface area contributed by atoms with E-state index >= 15 is 0 Å². The average molecular weight is 109 g/mol. The van der Waals surface area contributed by atoms with E-state index in [1.807, 2.05) is 6.08 Å². The molecule has 0 unspecified atom stereocenters. The van der Waals surface area contributed by atoms with Crippen LogP contribution in [0.25, 0.3) is 0 Å². The van der Waals surface area contributed by atoms with Crippen LogP contribution in [0.5, 0.6) is 0 Å². The van der Waals surface area contributed by atoms with Gasteiger partial charge in [-0.25, -0.2) is 0 Å². The average Bonchev–Trinajstić information content (AvgIpc) is 1.77. The largest absolute Gasteiger partial charge is 0.324 e. The summed E-state index contributed by atoms with van der Waals surface area (Å²) < 4.78 is 0. The number of rotatable bonds is 0. The molecule has 8 heavy (non-hydrogen) atoms. The number of hydrogen-bond acceptors (Lipinski definition) is 1. The van der Waals surface area contributed by atoms with Gasteiger partial charge in [0, 0.05) is 6.04 Å². The standard InChI is InChI=1S/C7H11N/c1-6-2-4-7(8)5-3-6/h2-4,7H,5,8H2,1H3/t7-/m0/s1. The van der Waals surface area contributed by atoms with Crippen LogP contribution >= 0.6 is 0 Å². The Morgan fingerprint density at radius 2 is 2.50 bits per heavy atom. The Morgan fingerprint density at radius 1 is 1.75 bits per heavy atom. The Bertz CT molecular complexity index is 133. The maximum absolute atomic E-state index is 5.57. The van der Waals surface area contributed by atoms with Crippen LogP contribution in [0.3, 0.4) is 0 Å². The Morgan fingerprint density at radius 3 is 2.88 bits per heavy atom. The fraction of sp³-hybridized carbons (Fsp3) is 0.429. The van der Waals surface area contributed by atoms with E-state index in [1.54, 1.807) is 0 Å². The van der Waals surface area contributed by atoms with E-state index in [0.29, 0.717) is 0 Å². The van der Waals surface area contributed by atoms with Crippen molar-refractivity contribution in [2.75, 3.05) is 0 Å². The Balaban J connectivity index is 2.58. The van der Waals surface area contributed by atoms with Gasteiger partial charge >= 0.3 is 0 Å². The van der Waals surface area contributed by atoms with E-state index < -0.39 is 0 Å². The quantitative estimate of drug-likeness (QED) is 0.497. The van der Waals surface area contributed by atoms with Crippen LogP contribution in [-0.4, -0.2) is 6.04 Å². The summed E-state index contributed by atoms with van der Waals surface area (Å²) in [4.78, 5) is 0. The van der Waals surface area contributed by atoms with Gasteiger partial charge in [0.15, 0.2) is 0 Å². The molecule has 1 rings (SSSR count). The Labute approximate surface area is 49.9 Å². The third kappa shape index (κ3) is 1.20. The van der Waals surface area contributed by atoms with Crippen LogP contribution in [0, 0.1) is 0 Å². The fourth-order valence-electron chi connectivity index (χ4n) is 0.744. The minimum Gasteiger partial charge on any atom is -0.324 e. The molecular formula is C7H11N.